The molecule has 56 heavy (non-hydrogen) atoms. The minimum atomic E-state index is 0. The van der Waals surface area contributed by atoms with E-state index in [1.54, 1.807) is 18.8 Å². The average Bonchev–Trinajstić information content (AvgIpc) is 3.59. The number of rotatable bonds is 5. The first-order valence-electron chi connectivity index (χ1n) is 17.6. The summed E-state index contributed by atoms with van der Waals surface area (Å²) in [7, 11) is 0. The molecular formula is C47H59N5O4. The number of amides is 1. The fourth-order valence-corrected chi connectivity index (χ4v) is 6.61. The Labute approximate surface area is 346 Å². The molecule has 1 saturated heterocycles. The number of hydrogen-bond donors (Lipinski definition) is 2. The highest BCUT2D eigenvalue weighted by Gasteiger charge is 2.46. The fraction of sp³-hybridized carbons (Fsp3) is 0.362. The van der Waals surface area contributed by atoms with Gasteiger partial charge in [-0.3, -0.25) is 14.5 Å². The summed E-state index contributed by atoms with van der Waals surface area (Å²) in [4.78, 5) is 43.0. The highest BCUT2D eigenvalue weighted by atomic mass is 16.7. The van der Waals surface area contributed by atoms with Crippen molar-refractivity contribution in [2.24, 2.45) is 17.8 Å². The van der Waals surface area contributed by atoms with Crippen LogP contribution >= 0.6 is 0 Å². The van der Waals surface area contributed by atoms with E-state index in [0.29, 0.717) is 24.3 Å². The zero-order chi connectivity index (χ0) is 41.1. The van der Waals surface area contributed by atoms with Crippen LogP contribution in [0.15, 0.2) is 30.3 Å². The fourth-order valence-electron chi connectivity index (χ4n) is 6.61. The second kappa shape index (κ2) is 31.0. The number of carbonyl (C=O) groups is 2. The van der Waals surface area contributed by atoms with Crippen LogP contribution < -0.4 is 5.32 Å². The second-order valence-corrected chi connectivity index (χ2v) is 12.1. The maximum absolute atomic E-state index is 12.8. The molecule has 2 saturated carbocycles. The second-order valence-electron chi connectivity index (χ2n) is 12.1. The van der Waals surface area contributed by atoms with Crippen LogP contribution in [0.25, 0.3) is 10.4 Å². The number of nitrogens with zero attached hydrogens (tertiary/aromatic N) is 3. The maximum atomic E-state index is 12.8. The number of piperidine rings is 1. The Kier molecular flexibility index (Phi) is 25.7. The number of nitrogens with one attached hydrogen (secondary N) is 2. The third kappa shape index (κ3) is 19.8. The predicted molar refractivity (Wildman–Crippen MR) is 241 cm³/mol. The van der Waals surface area contributed by atoms with Gasteiger partial charge >= 0.3 is 0 Å². The Morgan fingerprint density at radius 1 is 0.786 bits per heavy atom. The molecule has 2 N–H and O–H groups in total. The smallest absolute Gasteiger partial charge is 0.234 e. The number of benzene rings is 1. The van der Waals surface area contributed by atoms with Gasteiger partial charge in [0.05, 0.1) is 6.54 Å². The highest BCUT2D eigenvalue weighted by Crippen LogP contribution is 2.45. The molecule has 0 spiro atoms. The third-order valence-corrected chi connectivity index (χ3v) is 8.82. The summed E-state index contributed by atoms with van der Waals surface area (Å²) in [5, 5.41) is 3.30. The Bertz CT molecular complexity index is 2270. The van der Waals surface area contributed by atoms with E-state index >= 15 is 0 Å². The van der Waals surface area contributed by atoms with Gasteiger partial charge in [0.1, 0.15) is 5.78 Å². The van der Waals surface area contributed by atoms with E-state index in [-0.39, 0.29) is 37.9 Å². The molecule has 1 heterocycles. The number of ketones is 1. The molecule has 4 unspecified atom stereocenters. The highest BCUT2D eigenvalue weighted by molar-refractivity contribution is 5.82. The molecule has 296 valence electrons. The number of carbonyl (C=O) groups excluding carboxylic acids is 2. The van der Waals surface area contributed by atoms with E-state index < -0.39 is 0 Å². The van der Waals surface area contributed by atoms with Crippen molar-refractivity contribution in [3.8, 4) is 131 Å². The summed E-state index contributed by atoms with van der Waals surface area (Å²) in [5.74, 6) is 54.0. The lowest BCUT2D eigenvalue weighted by Crippen LogP contribution is -2.49. The van der Waals surface area contributed by atoms with Gasteiger partial charge < -0.3 is 5.32 Å². The lowest BCUT2D eigenvalue weighted by molar-refractivity contribution is -0.125. The molecule has 9 heteroatoms. The lowest BCUT2D eigenvalue weighted by atomic mass is 9.80. The van der Waals surface area contributed by atoms with Crippen molar-refractivity contribution in [1.82, 2.24) is 10.2 Å². The first-order chi connectivity index (χ1) is 27.4. The minimum Gasteiger partial charge on any atom is -0.351 e. The molecule has 3 fully saturated rings. The Hall–Kier alpha value is -7.61. The van der Waals surface area contributed by atoms with Crippen LogP contribution in [0, 0.1) is 164 Å². The van der Waals surface area contributed by atoms with Gasteiger partial charge in [-0.25, -0.2) is 0 Å². The van der Waals surface area contributed by atoms with E-state index in [4.69, 9.17) is 27.4 Å². The van der Waals surface area contributed by atoms with Crippen LogP contribution in [0.2, 0.25) is 0 Å². The van der Waals surface area contributed by atoms with Crippen LogP contribution in [0.3, 0.4) is 0 Å². The van der Waals surface area contributed by atoms with Crippen LogP contribution in [0.5, 0.6) is 0 Å². The predicted octanol–water partition coefficient (Wildman–Crippen LogP) is 7.84. The summed E-state index contributed by atoms with van der Waals surface area (Å²) in [6.45, 7) is 5.82. The Morgan fingerprint density at radius 3 is 1.68 bits per heavy atom. The minimum absolute atomic E-state index is 0. The molecule has 3 aliphatic rings. The largest absolute Gasteiger partial charge is 0.351 e. The van der Waals surface area contributed by atoms with Crippen LogP contribution in [0.4, 0.5) is 0 Å². The van der Waals surface area contributed by atoms with Crippen molar-refractivity contribution in [3.63, 3.8) is 0 Å². The SMILES string of the molecule is C#CC#CC#CC#CC#CC#CC#CC#CC#CC#CC#CC.CC(=O)C1CC2CCCCC2C1NC(=O)CN1CCC(c2ccccc2)CC1.O=O.[HH].[HH].[HH].[HH].[HH].[HH].[HH].[HH].[HH].[HH].[N-]=[N+]=N. The van der Waals surface area contributed by atoms with E-state index in [9.17, 15) is 9.59 Å². The first-order valence-corrected chi connectivity index (χ1v) is 17.6. The standard InChI is InChI=1S/C24H34N2O2.C23H4.HN3.O2.10H2/c1-17(27)22-15-20-9-5-6-10-21(20)24(22)25-23(28)16-26-13-11-19(12-14-26)18-7-3-2-4-8-18;1-3-5-7-9-11-13-15-17-19-21-23-22-20-18-16-14-12-10-8-6-4-2;1-3-2;1-2;;;;;;;;;;/h2-4,7-8,19-22,24H,5-6,9-16H2,1H3,(H,25,28);1H,2H3;1H;;10*1H. The van der Waals surface area contributed by atoms with Crippen molar-refractivity contribution in [2.75, 3.05) is 19.6 Å². The Morgan fingerprint density at radius 2 is 1.23 bits per heavy atom. The molecular weight excluding hydrogens is 699 g/mol. The van der Waals surface area contributed by atoms with E-state index in [0.717, 1.165) is 32.4 Å². The molecule has 4 atom stereocenters. The van der Waals surface area contributed by atoms with Gasteiger partial charge in [0.15, 0.2) is 0 Å². The molecule has 0 radical (unpaired) electrons. The molecule has 1 aromatic carbocycles. The van der Waals surface area contributed by atoms with E-state index in [1.165, 1.54) is 31.2 Å². The van der Waals surface area contributed by atoms with Crippen molar-refractivity contribution < 1.29 is 23.9 Å². The monoisotopic (exact) mass is 757 g/mol. The van der Waals surface area contributed by atoms with Gasteiger partial charge in [0, 0.05) is 59.8 Å². The quantitative estimate of drug-likeness (QED) is 0.136. The summed E-state index contributed by atoms with van der Waals surface area (Å²) >= 11 is 0. The third-order valence-electron chi connectivity index (χ3n) is 8.82. The maximum Gasteiger partial charge on any atom is 0.234 e. The number of fused-ring (bicyclic) bond motifs is 1. The van der Waals surface area contributed by atoms with Gasteiger partial charge in [-0.05, 0) is 181 Å². The van der Waals surface area contributed by atoms with Gasteiger partial charge in [-0.2, -0.15) is 0 Å². The molecule has 1 aromatic rings. The number of hydrogen-bond acceptors (Lipinski definition) is 6. The topological polar surface area (TPSA) is 144 Å². The van der Waals surface area contributed by atoms with Crippen molar-refractivity contribution in [1.29, 1.82) is 5.53 Å². The summed E-state index contributed by atoms with van der Waals surface area (Å²) in [6, 6.07) is 10.8. The average molecular weight is 758 g/mol. The molecule has 1 amide bonds. The normalized spacial score (nSPS) is 17.4. The number of Topliss-reactive ketones (excluding diaryl/α,β-unsaturated/α-hetero) is 1. The summed E-state index contributed by atoms with van der Waals surface area (Å²) in [5.41, 5.74) is 13.7. The van der Waals surface area contributed by atoms with Gasteiger partial charge in [-0.15, -0.1) is 12.0 Å². The Balaban J connectivity index is -0.0000000962. The molecule has 0 bridgehead atoms. The zero-order valence-electron chi connectivity index (χ0n) is 31.4. The number of likely N-dealkylation sites (tertiary alicyclic amines) is 1. The molecule has 1 aliphatic heterocycles. The van der Waals surface area contributed by atoms with E-state index in [1.807, 2.05) is 0 Å². The van der Waals surface area contributed by atoms with E-state index in [2.05, 4.69) is 165 Å². The summed E-state index contributed by atoms with van der Waals surface area (Å²) < 4.78 is 0. The van der Waals surface area contributed by atoms with Crippen LogP contribution in [-0.2, 0) is 9.59 Å². The summed E-state index contributed by atoms with van der Waals surface area (Å²) in [6.07, 6.45) is 13.0. The number of terminal acetylenes is 1. The van der Waals surface area contributed by atoms with Gasteiger partial charge in [0.25, 0.3) is 0 Å². The lowest BCUT2D eigenvalue weighted by Gasteiger charge is -2.33. The van der Waals surface area contributed by atoms with Crippen molar-refractivity contribution in [3.05, 3.63) is 56.3 Å². The molecule has 0 aromatic heterocycles. The van der Waals surface area contributed by atoms with Gasteiger partial charge in [-0.1, -0.05) is 55.5 Å². The molecule has 4 rings (SSSR count). The molecule has 2 aliphatic carbocycles. The first kappa shape index (κ1) is 46.4. The molecule has 9 nitrogen and oxygen atoms in total. The van der Waals surface area contributed by atoms with Gasteiger partial charge in [0.2, 0.25) is 5.91 Å². The van der Waals surface area contributed by atoms with Crippen molar-refractivity contribution >= 4 is 11.7 Å². The van der Waals surface area contributed by atoms with Crippen LogP contribution in [0.1, 0.15) is 84.5 Å². The zero-order valence-corrected chi connectivity index (χ0v) is 31.4. The van der Waals surface area contributed by atoms with Crippen molar-refractivity contribution in [2.45, 2.75) is 70.8 Å². The van der Waals surface area contributed by atoms with Crippen LogP contribution in [-0.4, -0.2) is 42.3 Å².